The Balaban J connectivity index is 1.79. The van der Waals surface area contributed by atoms with Gasteiger partial charge in [-0.05, 0) is 36.5 Å². The van der Waals surface area contributed by atoms with E-state index in [4.69, 9.17) is 22.1 Å². The summed E-state index contributed by atoms with van der Waals surface area (Å²) in [6, 6.07) is 13.6. The molecule has 0 saturated carbocycles. The van der Waals surface area contributed by atoms with Gasteiger partial charge in [0.1, 0.15) is 0 Å². The van der Waals surface area contributed by atoms with Gasteiger partial charge in [0, 0.05) is 12.3 Å². The van der Waals surface area contributed by atoms with Crippen LogP contribution in [0.3, 0.4) is 0 Å². The van der Waals surface area contributed by atoms with Crippen LogP contribution in [-0.2, 0) is 11.0 Å². The largest absolute Gasteiger partial charge is 0.467 e. The van der Waals surface area contributed by atoms with Gasteiger partial charge in [-0.2, -0.15) is 23.0 Å². The summed E-state index contributed by atoms with van der Waals surface area (Å²) in [4.78, 5) is 16.5. The van der Waals surface area contributed by atoms with Crippen molar-refractivity contribution < 1.29 is 22.7 Å². The van der Waals surface area contributed by atoms with Crippen molar-refractivity contribution in [3.05, 3.63) is 77.6 Å². The van der Waals surface area contributed by atoms with E-state index in [1.165, 1.54) is 30.6 Å². The highest BCUT2D eigenvalue weighted by molar-refractivity contribution is 6.32. The van der Waals surface area contributed by atoms with Crippen molar-refractivity contribution in [1.29, 1.82) is 0 Å². The number of nitrogens with one attached hydrogen (secondary N) is 1. The lowest BCUT2D eigenvalue weighted by molar-refractivity contribution is -0.141. The van der Waals surface area contributed by atoms with Crippen LogP contribution in [-0.4, -0.2) is 28.5 Å². The van der Waals surface area contributed by atoms with Gasteiger partial charge in [-0.1, -0.05) is 35.9 Å². The summed E-state index contributed by atoms with van der Waals surface area (Å²) >= 11 is 6.09. The molecule has 0 bridgehead atoms. The molecule has 32 heavy (non-hydrogen) atoms. The van der Waals surface area contributed by atoms with E-state index < -0.39 is 24.4 Å². The van der Waals surface area contributed by atoms with Crippen LogP contribution in [0.25, 0.3) is 5.69 Å². The van der Waals surface area contributed by atoms with Crippen molar-refractivity contribution in [3.8, 4) is 11.6 Å². The van der Waals surface area contributed by atoms with E-state index in [-0.39, 0.29) is 16.6 Å². The fraction of sp³-hybridized carbons (Fsp3) is 0.0952. The number of aliphatic imine (C=N–C) groups is 1. The van der Waals surface area contributed by atoms with Crippen LogP contribution in [0.1, 0.15) is 5.69 Å². The molecule has 1 amide bonds. The minimum Gasteiger partial charge on any atom is -0.467 e. The number of halogens is 4. The molecular weight excluding hydrogens is 447 g/mol. The fourth-order valence-electron chi connectivity index (χ4n) is 2.59. The van der Waals surface area contributed by atoms with Crippen LogP contribution >= 0.6 is 11.6 Å². The molecule has 0 saturated heterocycles. The molecule has 7 nitrogen and oxygen atoms in total. The normalized spacial score (nSPS) is 11.9. The quantitative estimate of drug-likeness (QED) is 0.495. The number of carbonyl (C=O) groups excluding carboxylic acids is 1. The lowest BCUT2D eigenvalue weighted by Crippen LogP contribution is -2.21. The van der Waals surface area contributed by atoms with E-state index in [9.17, 15) is 18.0 Å². The second-order valence-corrected chi connectivity index (χ2v) is 6.65. The minimum absolute atomic E-state index is 0.164. The maximum absolute atomic E-state index is 13.2. The van der Waals surface area contributed by atoms with Gasteiger partial charge in [-0.15, -0.1) is 0 Å². The molecule has 166 valence electrons. The highest BCUT2D eigenvalue weighted by Gasteiger charge is 2.36. The number of rotatable bonds is 7. The predicted octanol–water partition coefficient (Wildman–Crippen LogP) is 4.74. The number of nitrogens with zero attached hydrogens (tertiary/aromatic N) is 3. The Kier molecular flexibility index (Phi) is 7.16. The molecule has 1 heterocycles. The van der Waals surface area contributed by atoms with E-state index in [0.29, 0.717) is 17.4 Å². The Labute approximate surface area is 186 Å². The Morgan fingerprint density at radius 2 is 1.94 bits per heavy atom. The lowest BCUT2D eigenvalue weighted by atomic mass is 10.2. The summed E-state index contributed by atoms with van der Waals surface area (Å²) in [6.45, 7) is -0.575. The first-order chi connectivity index (χ1) is 15.3. The maximum Gasteiger partial charge on any atom is 0.435 e. The van der Waals surface area contributed by atoms with Gasteiger partial charge < -0.3 is 15.8 Å². The summed E-state index contributed by atoms with van der Waals surface area (Å²) in [5, 5.41) is 6.31. The van der Waals surface area contributed by atoms with Gasteiger partial charge in [0.25, 0.3) is 5.91 Å². The van der Waals surface area contributed by atoms with Crippen LogP contribution in [0, 0.1) is 0 Å². The Hall–Kier alpha value is -3.79. The number of hydrogen-bond donors (Lipinski definition) is 2. The molecule has 3 aromatic rings. The molecule has 0 unspecified atom stereocenters. The fourth-order valence-corrected chi connectivity index (χ4v) is 2.81. The zero-order valence-corrected chi connectivity index (χ0v) is 17.1. The number of anilines is 1. The monoisotopic (exact) mass is 463 g/mol. The van der Waals surface area contributed by atoms with Crippen molar-refractivity contribution in [3.63, 3.8) is 0 Å². The average Bonchev–Trinajstić information content (AvgIpc) is 3.19. The number of carbonyl (C=O) groups is 1. The summed E-state index contributed by atoms with van der Waals surface area (Å²) in [6.07, 6.45) is -0.449. The maximum atomic E-state index is 13.2. The first kappa shape index (κ1) is 22.9. The van der Waals surface area contributed by atoms with Crippen molar-refractivity contribution >= 4 is 35.1 Å². The van der Waals surface area contributed by atoms with Gasteiger partial charge in [-0.25, -0.2) is 0 Å². The molecule has 3 N–H and O–H groups in total. The standard InChI is InChI=1S/C21H17ClF3N5O2/c22-14-6-1-4-9-17(14)30-20(12-18(29-30)21(23,24)25)32-13-19(31)28-16-8-3-2-7-15(16)27-11-5-10-26/h1-12H,13,26H2,(H,28,31). The smallest absolute Gasteiger partial charge is 0.435 e. The molecule has 0 atom stereocenters. The second kappa shape index (κ2) is 10.0. The molecule has 0 aliphatic heterocycles. The van der Waals surface area contributed by atoms with Gasteiger partial charge >= 0.3 is 6.18 Å². The van der Waals surface area contributed by atoms with Crippen molar-refractivity contribution in [2.75, 3.05) is 11.9 Å². The summed E-state index contributed by atoms with van der Waals surface area (Å²) in [5.74, 6) is -0.901. The number of aromatic nitrogens is 2. The number of allylic oxidation sites excluding steroid dienone is 1. The highest BCUT2D eigenvalue weighted by Crippen LogP contribution is 2.33. The van der Waals surface area contributed by atoms with E-state index >= 15 is 0 Å². The molecule has 11 heteroatoms. The minimum atomic E-state index is -4.71. The van der Waals surface area contributed by atoms with E-state index in [0.717, 1.165) is 4.68 Å². The van der Waals surface area contributed by atoms with Crippen molar-refractivity contribution in [1.82, 2.24) is 9.78 Å². The molecule has 0 fully saturated rings. The van der Waals surface area contributed by atoms with Gasteiger partial charge in [0.15, 0.2) is 12.3 Å². The van der Waals surface area contributed by atoms with Crippen LogP contribution in [0.4, 0.5) is 24.5 Å². The third kappa shape index (κ3) is 5.67. The SMILES string of the molecule is NC=CC=Nc1ccccc1NC(=O)COc1cc(C(F)(F)F)nn1-c1ccccc1Cl. The number of amides is 1. The Morgan fingerprint density at radius 3 is 2.66 bits per heavy atom. The summed E-state index contributed by atoms with van der Waals surface area (Å²) in [5.41, 5.74) is 5.09. The van der Waals surface area contributed by atoms with Crippen LogP contribution in [0.5, 0.6) is 5.88 Å². The Morgan fingerprint density at radius 1 is 1.22 bits per heavy atom. The second-order valence-electron chi connectivity index (χ2n) is 6.25. The average molecular weight is 464 g/mol. The zero-order chi connectivity index (χ0) is 23.1. The van der Waals surface area contributed by atoms with Gasteiger partial charge in [-0.3, -0.25) is 9.79 Å². The number of para-hydroxylation sites is 3. The molecule has 0 radical (unpaired) electrons. The molecular formula is C21H17ClF3N5O2. The van der Waals surface area contributed by atoms with Crippen molar-refractivity contribution in [2.45, 2.75) is 6.18 Å². The molecule has 2 aromatic carbocycles. The van der Waals surface area contributed by atoms with Gasteiger partial charge in [0.05, 0.1) is 22.1 Å². The van der Waals surface area contributed by atoms with Crippen molar-refractivity contribution in [2.24, 2.45) is 10.7 Å². The lowest BCUT2D eigenvalue weighted by Gasteiger charge is -2.11. The first-order valence-corrected chi connectivity index (χ1v) is 9.52. The topological polar surface area (TPSA) is 94.5 Å². The third-order valence-electron chi connectivity index (χ3n) is 3.99. The molecule has 0 spiro atoms. The number of ether oxygens (including phenoxy) is 1. The van der Waals surface area contributed by atoms with Crippen LogP contribution in [0.15, 0.2) is 71.9 Å². The van der Waals surface area contributed by atoms with Crippen LogP contribution < -0.4 is 15.8 Å². The number of nitrogens with two attached hydrogens (primary N) is 1. The third-order valence-corrected chi connectivity index (χ3v) is 4.31. The molecule has 0 aliphatic carbocycles. The van der Waals surface area contributed by atoms with E-state index in [1.54, 1.807) is 36.4 Å². The number of benzene rings is 2. The predicted molar refractivity (Wildman–Crippen MR) is 116 cm³/mol. The zero-order valence-electron chi connectivity index (χ0n) is 16.4. The first-order valence-electron chi connectivity index (χ1n) is 9.14. The molecule has 0 aliphatic rings. The van der Waals surface area contributed by atoms with E-state index in [2.05, 4.69) is 15.4 Å². The molecule has 3 rings (SSSR count). The van der Waals surface area contributed by atoms with Crippen LogP contribution in [0.2, 0.25) is 5.02 Å². The number of alkyl halides is 3. The summed E-state index contributed by atoms with van der Waals surface area (Å²) < 4.78 is 45.8. The summed E-state index contributed by atoms with van der Waals surface area (Å²) in [7, 11) is 0. The van der Waals surface area contributed by atoms with Gasteiger partial charge in [0.2, 0.25) is 5.88 Å². The highest BCUT2D eigenvalue weighted by atomic mass is 35.5. The number of hydrogen-bond acceptors (Lipinski definition) is 5. The Bertz CT molecular complexity index is 1160. The molecule has 1 aromatic heterocycles. The van der Waals surface area contributed by atoms with E-state index in [1.807, 2.05) is 0 Å².